The number of dihydropyridines is 1. The Morgan fingerprint density at radius 2 is 1.95 bits per heavy atom. The van der Waals surface area contributed by atoms with Crippen LogP contribution in [0.3, 0.4) is 0 Å². The minimum absolute atomic E-state index is 0. The lowest BCUT2D eigenvalue weighted by molar-refractivity contribution is -0.112. The molecule has 2 unspecified atom stereocenters. The van der Waals surface area contributed by atoms with E-state index in [1.54, 1.807) is 6.07 Å². The number of halogens is 1. The van der Waals surface area contributed by atoms with E-state index < -0.39 is 11.6 Å². The highest BCUT2D eigenvalue weighted by molar-refractivity contribution is 8.03. The van der Waals surface area contributed by atoms with Crippen molar-refractivity contribution in [3.8, 4) is 5.75 Å². The summed E-state index contributed by atoms with van der Waals surface area (Å²) in [6.45, 7) is 10.5. The number of ether oxygens (including phenoxy) is 1. The van der Waals surface area contributed by atoms with Gasteiger partial charge < -0.3 is 15.2 Å². The maximum Gasteiger partial charge on any atom is 0.260 e. The van der Waals surface area contributed by atoms with E-state index in [1.165, 1.54) is 18.0 Å². The highest BCUT2D eigenvalue weighted by Gasteiger charge is 2.47. The number of aliphatic hydroxyl groups excluding tert-OH is 1. The van der Waals surface area contributed by atoms with E-state index in [1.807, 2.05) is 61.7 Å². The van der Waals surface area contributed by atoms with Crippen molar-refractivity contribution in [2.45, 2.75) is 76.4 Å². The van der Waals surface area contributed by atoms with E-state index in [0.717, 1.165) is 11.1 Å². The number of hydrogen-bond acceptors (Lipinski definition) is 5. The maximum atomic E-state index is 15.5. The van der Waals surface area contributed by atoms with Crippen molar-refractivity contribution < 1.29 is 21.9 Å². The molecule has 1 amide bonds. The lowest BCUT2D eigenvalue weighted by atomic mass is 9.84. The fraction of sp³-hybridized carbons (Fsp3) is 0.400. The molecule has 5 nitrogen and oxygen atoms in total. The highest BCUT2D eigenvalue weighted by atomic mass is 32.2. The topological polar surface area (TPSA) is 70.9 Å². The fourth-order valence-corrected chi connectivity index (χ4v) is 5.36. The number of thioether (sulfide) groups is 1. The Morgan fingerprint density at radius 1 is 1.24 bits per heavy atom. The number of benzene rings is 2. The van der Waals surface area contributed by atoms with Crippen LogP contribution in [0, 0.1) is 0 Å². The van der Waals surface area contributed by atoms with Crippen LogP contribution in [0.4, 0.5) is 10.1 Å². The lowest BCUT2D eigenvalue weighted by Gasteiger charge is -2.27. The zero-order valence-corrected chi connectivity index (χ0v) is 22.9. The van der Waals surface area contributed by atoms with Crippen molar-refractivity contribution in [3.05, 3.63) is 82.0 Å². The minimum Gasteiger partial charge on any atom is -0.510 e. The van der Waals surface area contributed by atoms with Gasteiger partial charge in [-0.1, -0.05) is 71.0 Å². The maximum absolute atomic E-state index is 15.5. The molecular weight excluding hydrogens is 487 g/mol. The predicted octanol–water partition coefficient (Wildman–Crippen LogP) is 7.87. The van der Waals surface area contributed by atoms with Gasteiger partial charge in [0.25, 0.3) is 5.91 Å². The number of nitrogens with one attached hydrogen (secondary N) is 1. The molecule has 7 heteroatoms. The third-order valence-corrected chi connectivity index (χ3v) is 7.67. The van der Waals surface area contributed by atoms with E-state index in [0.29, 0.717) is 36.4 Å². The number of nitrogens with zero attached hydrogens (tertiary/aromatic N) is 1. The number of anilines is 1. The standard InChI is InChI=1S/C28H29FN2O3S.C2H6.2H2/c1-27(2,3)20-13-19(28(29)10-11-28)22(14-23(20)34-16-17-7-5-4-6-8-17)31-26(33)18-15-30-21-9-12-35-25(21)24(18)32;1-2;;/h4-9,12-15,21,25,32H,10-11,16H2,1-3H3,(H,31,33);1-2H3;2*1H. The van der Waals surface area contributed by atoms with Gasteiger partial charge in [-0.2, -0.15) is 0 Å². The van der Waals surface area contributed by atoms with Gasteiger partial charge in [-0.05, 0) is 35.3 Å². The Hall–Kier alpha value is -3.06. The van der Waals surface area contributed by atoms with Crippen molar-refractivity contribution in [2.75, 3.05) is 5.32 Å². The van der Waals surface area contributed by atoms with E-state index in [-0.39, 0.29) is 30.9 Å². The van der Waals surface area contributed by atoms with Gasteiger partial charge in [-0.3, -0.25) is 9.79 Å². The monoisotopic (exact) mass is 526 g/mol. The van der Waals surface area contributed by atoms with Crippen LogP contribution in [0.5, 0.6) is 5.75 Å². The van der Waals surface area contributed by atoms with Gasteiger partial charge in [0, 0.05) is 26.3 Å². The molecule has 2 aromatic carbocycles. The van der Waals surface area contributed by atoms with Crippen molar-refractivity contribution in [1.29, 1.82) is 0 Å². The number of alkyl halides is 1. The molecule has 3 aliphatic rings. The molecule has 0 aromatic heterocycles. The van der Waals surface area contributed by atoms with Crippen LogP contribution >= 0.6 is 11.8 Å². The molecule has 1 saturated carbocycles. The van der Waals surface area contributed by atoms with Gasteiger partial charge in [0.2, 0.25) is 0 Å². The van der Waals surface area contributed by atoms with E-state index in [9.17, 15) is 9.90 Å². The predicted molar refractivity (Wildman–Crippen MR) is 155 cm³/mol. The highest BCUT2D eigenvalue weighted by Crippen LogP contribution is 2.54. The third kappa shape index (κ3) is 5.77. The molecule has 1 fully saturated rings. The first-order valence-electron chi connectivity index (χ1n) is 12.8. The van der Waals surface area contributed by atoms with Crippen LogP contribution in [-0.4, -0.2) is 28.5 Å². The van der Waals surface area contributed by atoms with Crippen molar-refractivity contribution >= 4 is 29.6 Å². The molecule has 37 heavy (non-hydrogen) atoms. The molecular formula is C30H39FN2O3S. The Labute approximate surface area is 225 Å². The summed E-state index contributed by atoms with van der Waals surface area (Å²) in [6.07, 6.45) is 4.12. The summed E-state index contributed by atoms with van der Waals surface area (Å²) in [7, 11) is 0. The summed E-state index contributed by atoms with van der Waals surface area (Å²) in [5.41, 5.74) is 1.02. The first-order valence-corrected chi connectivity index (χ1v) is 13.7. The van der Waals surface area contributed by atoms with Gasteiger partial charge in [0.05, 0.1) is 22.6 Å². The van der Waals surface area contributed by atoms with Crippen molar-refractivity contribution in [1.82, 2.24) is 0 Å². The number of rotatable bonds is 6. The normalized spacial score (nSPS) is 21.1. The summed E-state index contributed by atoms with van der Waals surface area (Å²) >= 11 is 1.43. The number of carbonyl (C=O) groups is 1. The van der Waals surface area contributed by atoms with Crippen LogP contribution in [-0.2, 0) is 22.5 Å². The Bertz CT molecular complexity index is 1250. The van der Waals surface area contributed by atoms with Crippen LogP contribution in [0.15, 0.2) is 70.3 Å². The quantitative estimate of drug-likeness (QED) is 0.402. The number of carbonyl (C=O) groups excluding carboxylic acids is 1. The number of amides is 1. The number of hydrogen-bond donors (Lipinski definition) is 2. The first kappa shape index (κ1) is 27.0. The van der Waals surface area contributed by atoms with E-state index >= 15 is 4.39 Å². The summed E-state index contributed by atoms with van der Waals surface area (Å²) < 4.78 is 21.7. The average molecular weight is 527 g/mol. The summed E-state index contributed by atoms with van der Waals surface area (Å²) in [5.74, 6) is 0.0725. The van der Waals surface area contributed by atoms with Crippen LogP contribution < -0.4 is 10.1 Å². The second kappa shape index (κ2) is 10.7. The van der Waals surface area contributed by atoms with Crippen LogP contribution in [0.25, 0.3) is 0 Å². The van der Waals surface area contributed by atoms with E-state index in [4.69, 9.17) is 4.74 Å². The number of fused-ring (bicyclic) bond motifs is 1. The van der Waals surface area contributed by atoms with Crippen molar-refractivity contribution in [3.63, 3.8) is 0 Å². The van der Waals surface area contributed by atoms with Gasteiger partial charge in [-0.15, -0.1) is 11.8 Å². The smallest absolute Gasteiger partial charge is 0.260 e. The third-order valence-electron chi connectivity index (χ3n) is 6.56. The molecule has 0 spiro atoms. The van der Waals surface area contributed by atoms with Crippen molar-refractivity contribution in [2.24, 2.45) is 4.99 Å². The van der Waals surface area contributed by atoms with Crippen LogP contribution in [0.2, 0.25) is 0 Å². The molecule has 2 aliphatic heterocycles. The van der Waals surface area contributed by atoms with Gasteiger partial charge >= 0.3 is 0 Å². The second-order valence-electron chi connectivity index (χ2n) is 10.3. The molecule has 200 valence electrons. The number of aliphatic imine (C=N–C) groups is 1. The fourth-order valence-electron chi connectivity index (χ4n) is 4.36. The van der Waals surface area contributed by atoms with E-state index in [2.05, 4.69) is 31.1 Å². The first-order chi connectivity index (χ1) is 17.7. The van der Waals surface area contributed by atoms with Gasteiger partial charge in [0.15, 0.2) is 0 Å². The number of aliphatic hydroxyl groups is 1. The molecule has 1 aliphatic carbocycles. The minimum atomic E-state index is -1.48. The zero-order chi connectivity index (χ0) is 26.8. The molecule has 0 radical (unpaired) electrons. The molecule has 2 atom stereocenters. The second-order valence-corrected chi connectivity index (χ2v) is 11.3. The Kier molecular flexibility index (Phi) is 7.83. The SMILES string of the molecule is CC.CC(C)(C)c1cc(C2(F)CC2)c(NC(=O)C2=C(O)C3SC=CC3N=C2)cc1OCc1ccccc1.[HH].[HH]. The molecule has 0 saturated heterocycles. The summed E-state index contributed by atoms with van der Waals surface area (Å²) in [4.78, 5) is 17.6. The Balaban J connectivity index is 0.00000130. The lowest BCUT2D eigenvalue weighted by Crippen LogP contribution is -2.29. The molecule has 0 bridgehead atoms. The molecule has 2 N–H and O–H groups in total. The molecule has 2 aromatic rings. The zero-order valence-electron chi connectivity index (χ0n) is 22.0. The summed E-state index contributed by atoms with van der Waals surface area (Å²) in [5, 5.41) is 15.1. The largest absolute Gasteiger partial charge is 0.510 e. The average Bonchev–Trinajstić information content (AvgIpc) is 3.43. The Morgan fingerprint density at radius 3 is 2.59 bits per heavy atom. The molecule has 5 rings (SSSR count). The summed E-state index contributed by atoms with van der Waals surface area (Å²) in [6, 6.07) is 13.2. The molecule has 2 heterocycles. The van der Waals surface area contributed by atoms with Gasteiger partial charge in [-0.25, -0.2) is 4.39 Å². The van der Waals surface area contributed by atoms with Crippen LogP contribution in [0.1, 0.15) is 67.0 Å². The van der Waals surface area contributed by atoms with Gasteiger partial charge in [0.1, 0.15) is 23.8 Å².